The normalized spacial score (nSPS) is 14.1. The summed E-state index contributed by atoms with van der Waals surface area (Å²) in [4.78, 5) is 34.9. The van der Waals surface area contributed by atoms with Gasteiger partial charge in [-0.25, -0.2) is 4.98 Å². The third-order valence-corrected chi connectivity index (χ3v) is 6.98. The second kappa shape index (κ2) is 12.9. The highest BCUT2D eigenvalue weighted by molar-refractivity contribution is 5.99. The molecule has 0 unspecified atom stereocenters. The Labute approximate surface area is 224 Å². The maximum atomic E-state index is 13.3. The monoisotopic (exact) mass is 516 g/mol. The molecule has 0 spiro atoms. The van der Waals surface area contributed by atoms with E-state index in [-0.39, 0.29) is 17.7 Å². The Hall–Kier alpha value is -4.07. The molecule has 4 rings (SSSR count). The molecule has 1 atom stereocenters. The van der Waals surface area contributed by atoms with Gasteiger partial charge in [0.15, 0.2) is 11.5 Å². The van der Waals surface area contributed by atoms with Crippen molar-refractivity contribution in [1.29, 1.82) is 0 Å². The van der Waals surface area contributed by atoms with E-state index in [2.05, 4.69) is 22.1 Å². The quantitative estimate of drug-likeness (QED) is 0.440. The van der Waals surface area contributed by atoms with Crippen LogP contribution in [0.4, 0.5) is 5.82 Å². The molecule has 1 aromatic heterocycles. The zero-order chi connectivity index (χ0) is 26.9. The Morgan fingerprint density at radius 3 is 2.37 bits per heavy atom. The van der Waals surface area contributed by atoms with Gasteiger partial charge >= 0.3 is 0 Å². The Morgan fingerprint density at radius 1 is 0.947 bits per heavy atom. The summed E-state index contributed by atoms with van der Waals surface area (Å²) in [6, 6.07) is 19.3. The van der Waals surface area contributed by atoms with Crippen LogP contribution in [-0.4, -0.2) is 68.6 Å². The maximum absolute atomic E-state index is 13.3. The highest BCUT2D eigenvalue weighted by Gasteiger charge is 2.29. The first-order valence-corrected chi connectivity index (χ1v) is 13.1. The van der Waals surface area contributed by atoms with Gasteiger partial charge < -0.3 is 24.6 Å². The molecule has 0 saturated carbocycles. The van der Waals surface area contributed by atoms with Crippen LogP contribution >= 0.6 is 0 Å². The molecule has 38 heavy (non-hydrogen) atoms. The summed E-state index contributed by atoms with van der Waals surface area (Å²) >= 11 is 0. The number of pyridine rings is 1. The second-order valence-electron chi connectivity index (χ2n) is 9.25. The van der Waals surface area contributed by atoms with Crippen LogP contribution in [0.25, 0.3) is 0 Å². The van der Waals surface area contributed by atoms with E-state index in [9.17, 15) is 9.59 Å². The van der Waals surface area contributed by atoms with Crippen molar-refractivity contribution >= 4 is 17.6 Å². The number of piperazine rings is 1. The highest BCUT2D eigenvalue weighted by Crippen LogP contribution is 2.28. The number of benzene rings is 2. The van der Waals surface area contributed by atoms with Gasteiger partial charge in [0, 0.05) is 38.9 Å². The number of carbonyl (C=O) groups excluding carboxylic acids is 2. The average molecular weight is 517 g/mol. The molecule has 8 heteroatoms. The number of nitrogens with zero attached hydrogens (tertiary/aromatic N) is 3. The summed E-state index contributed by atoms with van der Waals surface area (Å²) in [5.41, 5.74) is 2.63. The Bertz CT molecular complexity index is 1230. The molecule has 1 saturated heterocycles. The lowest BCUT2D eigenvalue weighted by Gasteiger charge is -2.37. The second-order valence-corrected chi connectivity index (χ2v) is 9.25. The summed E-state index contributed by atoms with van der Waals surface area (Å²) in [5, 5.41) is 3.02. The molecular weight excluding hydrogens is 480 g/mol. The van der Waals surface area contributed by atoms with Crippen LogP contribution in [0.2, 0.25) is 0 Å². The van der Waals surface area contributed by atoms with E-state index >= 15 is 0 Å². The van der Waals surface area contributed by atoms with Gasteiger partial charge in [-0.2, -0.15) is 0 Å². The van der Waals surface area contributed by atoms with Crippen molar-refractivity contribution in [1.82, 2.24) is 15.2 Å². The molecule has 2 aromatic carbocycles. The fraction of sp³-hybridized carbons (Fsp3) is 0.367. The first-order chi connectivity index (χ1) is 18.5. The van der Waals surface area contributed by atoms with Crippen LogP contribution in [0.1, 0.15) is 40.7 Å². The van der Waals surface area contributed by atoms with Gasteiger partial charge in [0.1, 0.15) is 5.82 Å². The lowest BCUT2D eigenvalue weighted by Crippen LogP contribution is -2.50. The van der Waals surface area contributed by atoms with E-state index in [1.54, 1.807) is 32.5 Å². The predicted molar refractivity (Wildman–Crippen MR) is 148 cm³/mol. The number of carbonyl (C=O) groups is 2. The fourth-order valence-electron chi connectivity index (χ4n) is 4.88. The van der Waals surface area contributed by atoms with Crippen LogP contribution in [0.15, 0.2) is 66.9 Å². The van der Waals surface area contributed by atoms with Gasteiger partial charge in [0.2, 0.25) is 5.91 Å². The van der Waals surface area contributed by atoms with Crippen LogP contribution in [0.3, 0.4) is 0 Å². The number of anilines is 1. The molecule has 1 N–H and O–H groups in total. The fourth-order valence-corrected chi connectivity index (χ4v) is 4.88. The topological polar surface area (TPSA) is 84.0 Å². The average Bonchev–Trinajstić information content (AvgIpc) is 2.98. The third-order valence-electron chi connectivity index (χ3n) is 6.98. The maximum Gasteiger partial charge on any atom is 0.255 e. The summed E-state index contributed by atoms with van der Waals surface area (Å²) in [7, 11) is 3.21. The largest absolute Gasteiger partial charge is 0.493 e. The Balaban J connectivity index is 1.35. The smallest absolute Gasteiger partial charge is 0.255 e. The molecule has 2 heterocycles. The van der Waals surface area contributed by atoms with E-state index in [1.807, 2.05) is 53.4 Å². The molecule has 8 nitrogen and oxygen atoms in total. The van der Waals surface area contributed by atoms with E-state index in [1.165, 1.54) is 0 Å². The van der Waals surface area contributed by atoms with Crippen molar-refractivity contribution in [2.24, 2.45) is 0 Å². The molecule has 2 amide bonds. The third kappa shape index (κ3) is 6.25. The SMILES string of the molecule is CC[C@@H](C(=O)N1CCN(c2ncccc2C(=O)NCCc2ccc(OC)c(OC)c2)CC1)c1ccccc1. The zero-order valence-electron chi connectivity index (χ0n) is 22.4. The van der Waals surface area contributed by atoms with E-state index < -0.39 is 0 Å². The van der Waals surface area contributed by atoms with Gasteiger partial charge in [-0.3, -0.25) is 9.59 Å². The van der Waals surface area contributed by atoms with Crippen molar-refractivity contribution in [3.63, 3.8) is 0 Å². The molecule has 0 radical (unpaired) electrons. The highest BCUT2D eigenvalue weighted by atomic mass is 16.5. The lowest BCUT2D eigenvalue weighted by molar-refractivity contribution is -0.133. The first-order valence-electron chi connectivity index (χ1n) is 13.1. The number of ether oxygens (including phenoxy) is 2. The molecule has 3 aromatic rings. The number of hydrogen-bond donors (Lipinski definition) is 1. The van der Waals surface area contributed by atoms with Crippen LogP contribution in [0.5, 0.6) is 11.5 Å². The minimum atomic E-state index is -0.165. The number of rotatable bonds is 10. The number of nitrogens with one attached hydrogen (secondary N) is 1. The van der Waals surface area contributed by atoms with Gasteiger partial charge in [0.05, 0.1) is 25.7 Å². The number of amides is 2. The lowest BCUT2D eigenvalue weighted by atomic mass is 9.95. The molecular formula is C30H36N4O4. The molecule has 0 aliphatic carbocycles. The van der Waals surface area contributed by atoms with Gasteiger partial charge in [-0.1, -0.05) is 43.3 Å². The summed E-state index contributed by atoms with van der Waals surface area (Å²) in [6.07, 6.45) is 3.12. The summed E-state index contributed by atoms with van der Waals surface area (Å²) in [5.74, 6) is 1.85. The first kappa shape index (κ1) is 27.0. The Morgan fingerprint density at radius 2 is 1.68 bits per heavy atom. The zero-order valence-corrected chi connectivity index (χ0v) is 22.4. The van der Waals surface area contributed by atoms with Crippen molar-refractivity contribution in [2.75, 3.05) is 51.8 Å². The molecule has 1 fully saturated rings. The molecule has 1 aliphatic heterocycles. The van der Waals surface area contributed by atoms with Crippen LogP contribution < -0.4 is 19.7 Å². The Kier molecular flexibility index (Phi) is 9.19. The molecule has 0 bridgehead atoms. The van der Waals surface area contributed by atoms with E-state index in [0.29, 0.717) is 62.0 Å². The van der Waals surface area contributed by atoms with Crippen molar-refractivity contribution in [3.8, 4) is 11.5 Å². The van der Waals surface area contributed by atoms with Crippen LogP contribution in [0, 0.1) is 0 Å². The minimum absolute atomic E-state index is 0.135. The van der Waals surface area contributed by atoms with E-state index in [4.69, 9.17) is 9.47 Å². The van der Waals surface area contributed by atoms with Gasteiger partial charge in [0.25, 0.3) is 5.91 Å². The summed E-state index contributed by atoms with van der Waals surface area (Å²) < 4.78 is 10.7. The minimum Gasteiger partial charge on any atom is -0.493 e. The number of hydrogen-bond acceptors (Lipinski definition) is 6. The van der Waals surface area contributed by atoms with Crippen LogP contribution in [-0.2, 0) is 11.2 Å². The van der Waals surface area contributed by atoms with Crippen molar-refractivity contribution < 1.29 is 19.1 Å². The van der Waals surface area contributed by atoms with Gasteiger partial charge in [-0.15, -0.1) is 0 Å². The number of methoxy groups -OCH3 is 2. The van der Waals surface area contributed by atoms with Gasteiger partial charge in [-0.05, 0) is 48.2 Å². The standard InChI is InChI=1S/C30H36N4O4/c1-4-24(23-9-6-5-7-10-23)30(36)34-19-17-33(18-20-34)28-25(11-8-15-31-28)29(35)32-16-14-22-12-13-26(37-2)27(21-22)38-3/h5-13,15,21,24H,4,14,16-20H2,1-3H3,(H,32,35)/t24-/m1/s1. The molecule has 1 aliphatic rings. The summed E-state index contributed by atoms with van der Waals surface area (Å²) in [6.45, 7) is 4.97. The van der Waals surface area contributed by atoms with Crippen molar-refractivity contribution in [3.05, 3.63) is 83.6 Å². The number of aromatic nitrogens is 1. The predicted octanol–water partition coefficient (Wildman–Crippen LogP) is 3.91. The van der Waals surface area contributed by atoms with Crippen molar-refractivity contribution in [2.45, 2.75) is 25.7 Å². The molecule has 200 valence electrons. The van der Waals surface area contributed by atoms with E-state index in [0.717, 1.165) is 17.5 Å².